The Kier molecular flexibility index (Phi) is 1.75. The van der Waals surface area contributed by atoms with Crippen LogP contribution in [0.3, 0.4) is 0 Å². The van der Waals surface area contributed by atoms with Gasteiger partial charge >= 0.3 is 0 Å². The Morgan fingerprint density at radius 2 is 2.25 bits per heavy atom. The van der Waals surface area contributed by atoms with E-state index in [0.29, 0.717) is 0 Å². The lowest BCUT2D eigenvalue weighted by Gasteiger charge is -2.19. The zero-order valence-electron chi connectivity index (χ0n) is 7.15. The minimum atomic E-state index is -0.108. The fourth-order valence-corrected chi connectivity index (χ4v) is 1.69. The topological polar surface area (TPSA) is 12.0 Å². The van der Waals surface area contributed by atoms with Gasteiger partial charge in [0.15, 0.2) is 0 Å². The Morgan fingerprint density at radius 3 is 3.08 bits per heavy atom. The maximum Gasteiger partial charge on any atom is 0.128 e. The van der Waals surface area contributed by atoms with Gasteiger partial charge in [-0.2, -0.15) is 0 Å². The smallest absolute Gasteiger partial charge is 0.128 e. The van der Waals surface area contributed by atoms with Crippen molar-refractivity contribution in [3.8, 4) is 0 Å². The van der Waals surface area contributed by atoms with Gasteiger partial charge in [0.1, 0.15) is 5.82 Å². The molecular weight excluding hydrogens is 153 g/mol. The summed E-state index contributed by atoms with van der Waals surface area (Å²) in [5.41, 5.74) is 3.02. The van der Waals surface area contributed by atoms with Crippen LogP contribution in [0.1, 0.15) is 17.5 Å². The second-order valence-corrected chi connectivity index (χ2v) is 3.24. The van der Waals surface area contributed by atoms with Crippen LogP contribution in [0.5, 0.6) is 0 Å². The van der Waals surface area contributed by atoms with Gasteiger partial charge in [-0.25, -0.2) is 4.39 Å². The van der Waals surface area contributed by atoms with Crippen LogP contribution in [-0.4, -0.2) is 6.54 Å². The van der Waals surface area contributed by atoms with E-state index in [4.69, 9.17) is 0 Å². The van der Waals surface area contributed by atoms with Crippen molar-refractivity contribution in [3.63, 3.8) is 0 Å². The maximum absolute atomic E-state index is 13.1. The van der Waals surface area contributed by atoms with Crippen LogP contribution < -0.4 is 5.32 Å². The summed E-state index contributed by atoms with van der Waals surface area (Å²) in [6.45, 7) is 2.80. The molecule has 0 atom stereocenters. The quantitative estimate of drug-likeness (QED) is 0.622. The minimum Gasteiger partial charge on any atom is -0.385 e. The van der Waals surface area contributed by atoms with E-state index >= 15 is 0 Å². The van der Waals surface area contributed by atoms with Gasteiger partial charge in [0.25, 0.3) is 0 Å². The summed E-state index contributed by atoms with van der Waals surface area (Å²) >= 11 is 0. The molecule has 0 unspecified atom stereocenters. The average Bonchev–Trinajstić information content (AvgIpc) is 2.12. The molecule has 0 amide bonds. The molecule has 1 aliphatic rings. The highest BCUT2D eigenvalue weighted by Crippen LogP contribution is 2.27. The minimum absolute atomic E-state index is 0.108. The monoisotopic (exact) mass is 165 g/mol. The standard InChI is InChI=1S/C10H12FN/c1-7-9(11)5-4-8-3-2-6-12-10(7)8/h4-5,12H,2-3,6H2,1H3. The lowest BCUT2D eigenvalue weighted by Crippen LogP contribution is -2.13. The fourth-order valence-electron chi connectivity index (χ4n) is 1.69. The summed E-state index contributed by atoms with van der Waals surface area (Å²) < 4.78 is 13.1. The van der Waals surface area contributed by atoms with Crippen LogP contribution >= 0.6 is 0 Å². The summed E-state index contributed by atoms with van der Waals surface area (Å²) in [6.07, 6.45) is 2.22. The van der Waals surface area contributed by atoms with Gasteiger partial charge in [-0.3, -0.25) is 0 Å². The largest absolute Gasteiger partial charge is 0.385 e. The van der Waals surface area contributed by atoms with Crippen LogP contribution in [0.4, 0.5) is 10.1 Å². The SMILES string of the molecule is Cc1c(F)ccc2c1NCCC2. The van der Waals surface area contributed by atoms with Crippen molar-refractivity contribution in [2.45, 2.75) is 19.8 Å². The van der Waals surface area contributed by atoms with Crippen molar-refractivity contribution < 1.29 is 4.39 Å². The number of halogens is 1. The molecule has 2 heteroatoms. The average molecular weight is 165 g/mol. The zero-order chi connectivity index (χ0) is 8.55. The fraction of sp³-hybridized carbons (Fsp3) is 0.400. The van der Waals surface area contributed by atoms with Crippen LogP contribution in [-0.2, 0) is 6.42 Å². The summed E-state index contributed by atoms with van der Waals surface area (Å²) in [7, 11) is 0. The predicted octanol–water partition coefficient (Wildman–Crippen LogP) is 2.49. The number of hydrogen-bond donors (Lipinski definition) is 1. The van der Waals surface area contributed by atoms with E-state index in [1.54, 1.807) is 6.07 Å². The highest BCUT2D eigenvalue weighted by Gasteiger charge is 2.12. The van der Waals surface area contributed by atoms with Gasteiger partial charge in [0, 0.05) is 17.8 Å². The number of nitrogens with one attached hydrogen (secondary N) is 1. The van der Waals surface area contributed by atoms with Gasteiger partial charge in [-0.15, -0.1) is 0 Å². The lowest BCUT2D eigenvalue weighted by atomic mass is 10.00. The molecule has 0 bridgehead atoms. The third-order valence-corrected chi connectivity index (χ3v) is 2.41. The molecular formula is C10H12FN. The number of benzene rings is 1. The molecule has 1 heterocycles. The molecule has 0 saturated carbocycles. The third kappa shape index (κ3) is 1.07. The second kappa shape index (κ2) is 2.77. The molecule has 0 radical (unpaired) electrons. The third-order valence-electron chi connectivity index (χ3n) is 2.41. The van der Waals surface area contributed by atoms with Gasteiger partial charge in [-0.05, 0) is 31.4 Å². The second-order valence-electron chi connectivity index (χ2n) is 3.24. The van der Waals surface area contributed by atoms with Gasteiger partial charge in [-0.1, -0.05) is 6.07 Å². The van der Waals surface area contributed by atoms with E-state index in [-0.39, 0.29) is 5.82 Å². The number of rotatable bonds is 0. The molecule has 1 aromatic carbocycles. The Hall–Kier alpha value is -1.05. The Labute approximate surface area is 71.6 Å². The zero-order valence-corrected chi connectivity index (χ0v) is 7.15. The first-order valence-corrected chi connectivity index (χ1v) is 4.31. The summed E-state index contributed by atoms with van der Waals surface area (Å²) in [5, 5.41) is 3.23. The number of hydrogen-bond acceptors (Lipinski definition) is 1. The Balaban J connectivity index is 2.54. The van der Waals surface area contributed by atoms with E-state index in [1.807, 2.05) is 13.0 Å². The number of aryl methyl sites for hydroxylation is 1. The van der Waals surface area contributed by atoms with Crippen LogP contribution in [0.2, 0.25) is 0 Å². The first-order valence-electron chi connectivity index (χ1n) is 4.31. The highest BCUT2D eigenvalue weighted by atomic mass is 19.1. The van der Waals surface area contributed by atoms with E-state index in [2.05, 4.69) is 5.32 Å². The predicted molar refractivity (Wildman–Crippen MR) is 47.9 cm³/mol. The molecule has 0 aromatic heterocycles. The molecule has 1 nitrogen and oxygen atoms in total. The van der Waals surface area contributed by atoms with Gasteiger partial charge in [0.2, 0.25) is 0 Å². The van der Waals surface area contributed by atoms with Crippen molar-refractivity contribution in [2.24, 2.45) is 0 Å². The van der Waals surface area contributed by atoms with E-state index in [1.165, 1.54) is 5.56 Å². The summed E-state index contributed by atoms with van der Waals surface area (Å²) in [5.74, 6) is -0.108. The first kappa shape index (κ1) is 7.59. The molecule has 0 aliphatic carbocycles. The number of anilines is 1. The van der Waals surface area contributed by atoms with Crippen molar-refractivity contribution in [1.29, 1.82) is 0 Å². The maximum atomic E-state index is 13.1. The van der Waals surface area contributed by atoms with Crippen LogP contribution in [0.15, 0.2) is 12.1 Å². The molecule has 2 rings (SSSR count). The molecule has 1 N–H and O–H groups in total. The molecule has 1 aromatic rings. The van der Waals surface area contributed by atoms with Crippen LogP contribution in [0, 0.1) is 12.7 Å². The van der Waals surface area contributed by atoms with E-state index in [0.717, 1.165) is 30.6 Å². The molecule has 1 aliphatic heterocycles. The van der Waals surface area contributed by atoms with Gasteiger partial charge < -0.3 is 5.32 Å². The summed E-state index contributed by atoms with van der Waals surface area (Å²) in [4.78, 5) is 0. The lowest BCUT2D eigenvalue weighted by molar-refractivity contribution is 0.616. The van der Waals surface area contributed by atoms with E-state index < -0.39 is 0 Å². The van der Waals surface area contributed by atoms with Crippen LogP contribution in [0.25, 0.3) is 0 Å². The highest BCUT2D eigenvalue weighted by molar-refractivity contribution is 5.59. The molecule has 0 spiro atoms. The van der Waals surface area contributed by atoms with Crippen molar-refractivity contribution in [1.82, 2.24) is 0 Å². The Morgan fingerprint density at radius 1 is 1.42 bits per heavy atom. The van der Waals surface area contributed by atoms with Crippen molar-refractivity contribution in [2.75, 3.05) is 11.9 Å². The normalized spacial score (nSPS) is 15.2. The molecule has 64 valence electrons. The van der Waals surface area contributed by atoms with Crippen molar-refractivity contribution >= 4 is 5.69 Å². The molecule has 0 fully saturated rings. The van der Waals surface area contributed by atoms with Crippen molar-refractivity contribution in [3.05, 3.63) is 29.1 Å². The first-order chi connectivity index (χ1) is 5.79. The Bertz CT molecular complexity index is 307. The molecule has 12 heavy (non-hydrogen) atoms. The number of fused-ring (bicyclic) bond motifs is 1. The van der Waals surface area contributed by atoms with Gasteiger partial charge in [0.05, 0.1) is 0 Å². The molecule has 0 saturated heterocycles. The van der Waals surface area contributed by atoms with E-state index in [9.17, 15) is 4.39 Å². The summed E-state index contributed by atoms with van der Waals surface area (Å²) in [6, 6.07) is 3.44.